The number of carbonyl (C=O) groups is 1. The second-order valence-corrected chi connectivity index (χ2v) is 8.35. The second-order valence-electron chi connectivity index (χ2n) is 8.35. The molecule has 0 N–H and O–H groups in total. The highest BCUT2D eigenvalue weighted by molar-refractivity contribution is 6.11. The molecular weight excluding hydrogens is 428 g/mol. The van der Waals surface area contributed by atoms with Gasteiger partial charge in [-0.2, -0.15) is 0 Å². The zero-order valence-corrected chi connectivity index (χ0v) is 18.8. The van der Waals surface area contributed by atoms with E-state index < -0.39 is 5.60 Å². The Kier molecular flexibility index (Phi) is 4.59. The van der Waals surface area contributed by atoms with Crippen LogP contribution < -0.4 is 14.2 Å². The molecule has 2 aliphatic heterocycles. The van der Waals surface area contributed by atoms with E-state index >= 15 is 0 Å². The van der Waals surface area contributed by atoms with E-state index in [2.05, 4.69) is 12.2 Å². The lowest BCUT2D eigenvalue weighted by Crippen LogP contribution is -2.34. The van der Waals surface area contributed by atoms with Crippen molar-refractivity contribution in [2.45, 2.75) is 12.2 Å². The summed E-state index contributed by atoms with van der Waals surface area (Å²) in [5, 5.41) is 1.72. The van der Waals surface area contributed by atoms with Gasteiger partial charge in [-0.15, -0.1) is 0 Å². The summed E-state index contributed by atoms with van der Waals surface area (Å²) in [5.41, 5.74) is 3.41. The van der Waals surface area contributed by atoms with Crippen LogP contribution in [0.1, 0.15) is 32.6 Å². The van der Waals surface area contributed by atoms with E-state index in [0.29, 0.717) is 5.56 Å². The summed E-state index contributed by atoms with van der Waals surface area (Å²) in [5.74, 6) is 1.99. The number of cyclic esters (lactones) is 1. The van der Waals surface area contributed by atoms with Crippen LogP contribution >= 0.6 is 0 Å². The minimum absolute atomic E-state index is 0.243. The molecule has 0 spiro atoms. The van der Waals surface area contributed by atoms with Crippen LogP contribution in [0.3, 0.4) is 0 Å². The highest BCUT2D eigenvalue weighted by atomic mass is 16.5. The van der Waals surface area contributed by atoms with Crippen molar-refractivity contribution in [2.75, 3.05) is 14.2 Å². The van der Waals surface area contributed by atoms with Gasteiger partial charge in [-0.3, -0.25) is 0 Å². The van der Waals surface area contributed by atoms with Crippen molar-refractivity contribution in [1.29, 1.82) is 0 Å². The Hall–Kier alpha value is -4.25. The van der Waals surface area contributed by atoms with Gasteiger partial charge in [-0.25, -0.2) is 4.79 Å². The van der Waals surface area contributed by atoms with Crippen LogP contribution in [0.5, 0.6) is 17.2 Å². The minimum Gasteiger partial charge on any atom is -0.497 e. The SMILES string of the molecule is COc1ccc(C2(c3ccc(OC)cc3)C=Cc3c4c(c5ccccc5c3O2)C(=O)OC4)cc1. The molecule has 5 heteroatoms. The molecule has 6 rings (SSSR count). The summed E-state index contributed by atoms with van der Waals surface area (Å²) >= 11 is 0. The van der Waals surface area contributed by atoms with E-state index in [1.165, 1.54) is 0 Å². The highest BCUT2D eigenvalue weighted by Crippen LogP contribution is 2.49. The monoisotopic (exact) mass is 450 g/mol. The Morgan fingerprint density at radius 3 is 1.97 bits per heavy atom. The molecule has 34 heavy (non-hydrogen) atoms. The van der Waals surface area contributed by atoms with Crippen molar-refractivity contribution in [3.8, 4) is 17.2 Å². The molecule has 4 aromatic carbocycles. The van der Waals surface area contributed by atoms with Crippen LogP contribution in [-0.2, 0) is 16.9 Å². The molecule has 5 nitrogen and oxygen atoms in total. The lowest BCUT2D eigenvalue weighted by atomic mass is 9.82. The third-order valence-electron chi connectivity index (χ3n) is 6.65. The molecule has 0 saturated carbocycles. The molecule has 0 aromatic heterocycles. The molecule has 0 aliphatic carbocycles. The number of hydrogen-bond acceptors (Lipinski definition) is 5. The fraction of sp³-hybridized carbons (Fsp3) is 0.138. The molecule has 2 heterocycles. The number of hydrogen-bond donors (Lipinski definition) is 0. The number of benzene rings is 4. The van der Waals surface area contributed by atoms with Crippen LogP contribution in [0, 0.1) is 0 Å². The van der Waals surface area contributed by atoms with Gasteiger partial charge in [0.2, 0.25) is 0 Å². The number of rotatable bonds is 4. The number of esters is 1. The third kappa shape index (κ3) is 2.90. The van der Waals surface area contributed by atoms with E-state index in [1.54, 1.807) is 14.2 Å². The first-order valence-electron chi connectivity index (χ1n) is 11.1. The van der Waals surface area contributed by atoms with Gasteiger partial charge >= 0.3 is 5.97 Å². The molecule has 0 atom stereocenters. The van der Waals surface area contributed by atoms with Crippen molar-refractivity contribution in [3.05, 3.63) is 107 Å². The van der Waals surface area contributed by atoms with Crippen molar-refractivity contribution < 1.29 is 23.7 Å². The molecule has 0 fully saturated rings. The number of methoxy groups -OCH3 is 2. The smallest absolute Gasteiger partial charge is 0.339 e. The first-order valence-corrected chi connectivity index (χ1v) is 11.1. The number of ether oxygens (including phenoxy) is 4. The molecule has 4 aromatic rings. The van der Waals surface area contributed by atoms with Gasteiger partial charge in [-0.1, -0.05) is 54.6 Å². The summed E-state index contributed by atoms with van der Waals surface area (Å²) in [4.78, 5) is 12.5. The normalized spacial score (nSPS) is 15.3. The van der Waals surface area contributed by atoms with Crippen LogP contribution in [0.2, 0.25) is 0 Å². The summed E-state index contributed by atoms with van der Waals surface area (Å²) < 4.78 is 23.1. The average Bonchev–Trinajstić information content (AvgIpc) is 3.30. The molecule has 0 bridgehead atoms. The minimum atomic E-state index is -0.883. The molecular formula is C29H22O5. The first kappa shape index (κ1) is 20.4. The molecule has 0 amide bonds. The van der Waals surface area contributed by atoms with Crippen molar-refractivity contribution in [2.24, 2.45) is 0 Å². The Balaban J connectivity index is 1.61. The molecule has 168 valence electrons. The van der Waals surface area contributed by atoms with Gasteiger partial charge in [0.15, 0.2) is 5.60 Å². The van der Waals surface area contributed by atoms with Gasteiger partial charge in [0.1, 0.15) is 23.9 Å². The van der Waals surface area contributed by atoms with E-state index in [9.17, 15) is 4.79 Å². The van der Waals surface area contributed by atoms with Crippen LogP contribution in [0.15, 0.2) is 78.9 Å². The lowest BCUT2D eigenvalue weighted by molar-refractivity contribution is 0.0536. The van der Waals surface area contributed by atoms with Crippen molar-refractivity contribution in [1.82, 2.24) is 0 Å². The van der Waals surface area contributed by atoms with Crippen LogP contribution in [0.4, 0.5) is 0 Å². The first-order chi connectivity index (χ1) is 16.6. The molecule has 0 saturated heterocycles. The van der Waals surface area contributed by atoms with E-state index in [1.807, 2.05) is 72.8 Å². The third-order valence-corrected chi connectivity index (χ3v) is 6.65. The summed E-state index contributed by atoms with van der Waals surface area (Å²) in [6.07, 6.45) is 4.11. The largest absolute Gasteiger partial charge is 0.497 e. The van der Waals surface area contributed by atoms with E-state index in [4.69, 9.17) is 18.9 Å². The maximum atomic E-state index is 12.5. The predicted molar refractivity (Wildman–Crippen MR) is 129 cm³/mol. The zero-order valence-electron chi connectivity index (χ0n) is 18.8. The Bertz CT molecular complexity index is 1400. The molecule has 2 aliphatic rings. The predicted octanol–water partition coefficient (Wildman–Crippen LogP) is 5.88. The summed E-state index contributed by atoms with van der Waals surface area (Å²) in [6, 6.07) is 23.6. The fourth-order valence-electron chi connectivity index (χ4n) is 4.91. The van der Waals surface area contributed by atoms with Gasteiger partial charge in [0.25, 0.3) is 0 Å². The molecule has 0 unspecified atom stereocenters. The van der Waals surface area contributed by atoms with E-state index in [0.717, 1.165) is 50.3 Å². The standard InChI is InChI=1S/C29H22O5/c1-31-20-11-7-18(8-12-20)29(19-9-13-21(32-2)14-10-19)16-15-24-25-17-33-28(30)26(25)22-5-3-4-6-23(22)27(24)34-29/h3-16H,17H2,1-2H3. The maximum Gasteiger partial charge on any atom is 0.339 e. The van der Waals surface area contributed by atoms with Crippen molar-refractivity contribution in [3.63, 3.8) is 0 Å². The topological polar surface area (TPSA) is 54.0 Å². The van der Waals surface area contributed by atoms with E-state index in [-0.39, 0.29) is 12.6 Å². The fourth-order valence-corrected chi connectivity index (χ4v) is 4.91. The number of carbonyl (C=O) groups excluding carboxylic acids is 1. The summed E-state index contributed by atoms with van der Waals surface area (Å²) in [6.45, 7) is 0.243. The Morgan fingerprint density at radius 1 is 0.794 bits per heavy atom. The lowest BCUT2D eigenvalue weighted by Gasteiger charge is -2.37. The van der Waals surface area contributed by atoms with Gasteiger partial charge < -0.3 is 18.9 Å². The summed E-state index contributed by atoms with van der Waals surface area (Å²) in [7, 11) is 3.30. The average molecular weight is 450 g/mol. The Morgan fingerprint density at radius 2 is 1.38 bits per heavy atom. The molecule has 0 radical (unpaired) electrons. The quantitative estimate of drug-likeness (QED) is 0.364. The van der Waals surface area contributed by atoms with Gasteiger partial charge in [0.05, 0.1) is 19.8 Å². The zero-order chi connectivity index (χ0) is 23.3. The Labute approximate surface area is 197 Å². The number of fused-ring (bicyclic) bond motifs is 6. The van der Waals surface area contributed by atoms with Gasteiger partial charge in [0, 0.05) is 33.0 Å². The van der Waals surface area contributed by atoms with Crippen LogP contribution in [-0.4, -0.2) is 20.2 Å². The van der Waals surface area contributed by atoms with Gasteiger partial charge in [-0.05, 0) is 30.3 Å². The maximum absolute atomic E-state index is 12.5. The van der Waals surface area contributed by atoms with Crippen LogP contribution in [0.25, 0.3) is 16.8 Å². The highest BCUT2D eigenvalue weighted by Gasteiger charge is 2.40. The van der Waals surface area contributed by atoms with Crippen molar-refractivity contribution >= 4 is 22.8 Å². The second kappa shape index (κ2) is 7.66.